The van der Waals surface area contributed by atoms with Crippen LogP contribution in [0, 0.1) is 0 Å². The van der Waals surface area contributed by atoms with Gasteiger partial charge in [0.25, 0.3) is 0 Å². The zero-order chi connectivity index (χ0) is 15.0. The number of hydrogen-bond acceptors (Lipinski definition) is 4. The summed E-state index contributed by atoms with van der Waals surface area (Å²) >= 11 is 5.85. The third-order valence-electron chi connectivity index (χ3n) is 3.06. The molecule has 0 unspecified atom stereocenters. The van der Waals surface area contributed by atoms with E-state index in [2.05, 4.69) is 4.98 Å². The van der Waals surface area contributed by atoms with E-state index < -0.39 is 9.84 Å². The Morgan fingerprint density at radius 2 is 2.05 bits per heavy atom. The SMILES string of the molecule is Nc1ccc(Cl)cc1S(=O)(=O)Cc1cn2ccccc2n1. The summed E-state index contributed by atoms with van der Waals surface area (Å²) in [6.45, 7) is 0. The van der Waals surface area contributed by atoms with Crippen LogP contribution in [-0.2, 0) is 15.6 Å². The van der Waals surface area contributed by atoms with Crippen molar-refractivity contribution in [3.63, 3.8) is 0 Å². The van der Waals surface area contributed by atoms with Gasteiger partial charge in [0.15, 0.2) is 9.84 Å². The van der Waals surface area contributed by atoms with Gasteiger partial charge in [0.05, 0.1) is 22.0 Å². The Hall–Kier alpha value is -2.05. The average molecular weight is 322 g/mol. The maximum absolute atomic E-state index is 12.5. The molecule has 0 aliphatic heterocycles. The lowest BCUT2D eigenvalue weighted by Crippen LogP contribution is -2.08. The molecule has 0 aliphatic carbocycles. The lowest BCUT2D eigenvalue weighted by Gasteiger charge is -2.06. The van der Waals surface area contributed by atoms with Gasteiger partial charge in [0.2, 0.25) is 0 Å². The normalized spacial score (nSPS) is 11.9. The first-order valence-corrected chi connectivity index (χ1v) is 8.19. The van der Waals surface area contributed by atoms with Crippen molar-refractivity contribution in [3.05, 3.63) is 59.5 Å². The largest absolute Gasteiger partial charge is 0.398 e. The van der Waals surface area contributed by atoms with E-state index in [-0.39, 0.29) is 16.3 Å². The molecule has 7 heteroatoms. The molecule has 3 aromatic rings. The number of rotatable bonds is 3. The summed E-state index contributed by atoms with van der Waals surface area (Å²) < 4.78 is 26.7. The maximum Gasteiger partial charge on any atom is 0.186 e. The summed E-state index contributed by atoms with van der Waals surface area (Å²) in [5.41, 5.74) is 7.08. The Kier molecular flexibility index (Phi) is 3.35. The van der Waals surface area contributed by atoms with E-state index in [9.17, 15) is 8.42 Å². The smallest absolute Gasteiger partial charge is 0.186 e. The molecule has 2 N–H and O–H groups in total. The number of fused-ring (bicyclic) bond motifs is 1. The highest BCUT2D eigenvalue weighted by atomic mass is 35.5. The predicted octanol–water partition coefficient (Wildman–Crippen LogP) is 2.54. The highest BCUT2D eigenvalue weighted by Crippen LogP contribution is 2.25. The van der Waals surface area contributed by atoms with E-state index in [1.807, 2.05) is 24.4 Å². The van der Waals surface area contributed by atoms with Crippen molar-refractivity contribution in [2.24, 2.45) is 0 Å². The Morgan fingerprint density at radius 3 is 2.81 bits per heavy atom. The van der Waals surface area contributed by atoms with E-state index in [1.165, 1.54) is 12.1 Å². The number of nitrogens with two attached hydrogens (primary N) is 1. The summed E-state index contributed by atoms with van der Waals surface area (Å²) in [4.78, 5) is 4.32. The van der Waals surface area contributed by atoms with Gasteiger partial charge in [-0.15, -0.1) is 0 Å². The molecule has 0 aliphatic rings. The number of hydrogen-bond donors (Lipinski definition) is 1. The summed E-state index contributed by atoms with van der Waals surface area (Å²) in [7, 11) is -3.60. The van der Waals surface area contributed by atoms with Crippen molar-refractivity contribution in [1.29, 1.82) is 0 Å². The first kappa shape index (κ1) is 13.9. The Labute approximate surface area is 126 Å². The third kappa shape index (κ3) is 2.72. The maximum atomic E-state index is 12.5. The van der Waals surface area contributed by atoms with E-state index in [4.69, 9.17) is 17.3 Å². The minimum absolute atomic E-state index is 0.0343. The minimum atomic E-state index is -3.60. The van der Waals surface area contributed by atoms with Crippen molar-refractivity contribution in [2.45, 2.75) is 10.6 Å². The number of benzene rings is 1. The molecule has 0 bridgehead atoms. The zero-order valence-electron chi connectivity index (χ0n) is 10.9. The summed E-state index contributed by atoms with van der Waals surface area (Å²) in [6.07, 6.45) is 3.50. The average Bonchev–Trinajstić information content (AvgIpc) is 2.82. The van der Waals surface area contributed by atoms with Crippen LogP contribution >= 0.6 is 11.6 Å². The first-order chi connectivity index (χ1) is 9.95. The molecule has 0 saturated carbocycles. The van der Waals surface area contributed by atoms with Crippen molar-refractivity contribution >= 4 is 32.8 Å². The van der Waals surface area contributed by atoms with Crippen LogP contribution in [0.1, 0.15) is 5.69 Å². The number of nitrogen functional groups attached to an aromatic ring is 1. The van der Waals surface area contributed by atoms with Gasteiger partial charge in [-0.25, -0.2) is 13.4 Å². The molecule has 0 spiro atoms. The van der Waals surface area contributed by atoms with Crippen LogP contribution < -0.4 is 5.73 Å². The van der Waals surface area contributed by atoms with Gasteiger partial charge in [0, 0.05) is 17.4 Å². The van der Waals surface area contributed by atoms with Crippen LogP contribution in [0.3, 0.4) is 0 Å². The Bertz CT molecular complexity index is 886. The molecule has 5 nitrogen and oxygen atoms in total. The summed E-state index contributed by atoms with van der Waals surface area (Å²) in [5, 5.41) is 0.331. The second-order valence-corrected chi connectivity index (χ2v) is 7.03. The van der Waals surface area contributed by atoms with Gasteiger partial charge >= 0.3 is 0 Å². The highest BCUT2D eigenvalue weighted by Gasteiger charge is 2.20. The topological polar surface area (TPSA) is 77.5 Å². The third-order valence-corrected chi connectivity index (χ3v) is 5.00. The number of anilines is 1. The van der Waals surface area contributed by atoms with Crippen LogP contribution in [0.25, 0.3) is 5.65 Å². The molecular formula is C14H12ClN3O2S. The van der Waals surface area contributed by atoms with Crippen molar-refractivity contribution < 1.29 is 8.42 Å². The van der Waals surface area contributed by atoms with Gasteiger partial charge in [-0.2, -0.15) is 0 Å². The van der Waals surface area contributed by atoms with Crippen molar-refractivity contribution in [1.82, 2.24) is 9.38 Å². The first-order valence-electron chi connectivity index (χ1n) is 6.16. The van der Waals surface area contributed by atoms with E-state index in [1.54, 1.807) is 16.7 Å². The molecule has 1 aromatic carbocycles. The van der Waals surface area contributed by atoms with Crippen molar-refractivity contribution in [2.75, 3.05) is 5.73 Å². The fourth-order valence-corrected chi connectivity index (χ4v) is 3.76. The van der Waals surface area contributed by atoms with Crippen LogP contribution in [0.2, 0.25) is 5.02 Å². The monoisotopic (exact) mass is 321 g/mol. The second-order valence-electron chi connectivity index (χ2n) is 4.64. The van der Waals surface area contributed by atoms with Gasteiger partial charge in [0.1, 0.15) is 5.65 Å². The molecule has 0 radical (unpaired) electrons. The fraction of sp³-hybridized carbons (Fsp3) is 0.0714. The minimum Gasteiger partial charge on any atom is -0.398 e. The number of halogens is 1. The van der Waals surface area contributed by atoms with Crippen LogP contribution in [0.5, 0.6) is 0 Å². The van der Waals surface area contributed by atoms with Crippen LogP contribution in [0.15, 0.2) is 53.7 Å². The van der Waals surface area contributed by atoms with Gasteiger partial charge in [-0.05, 0) is 30.3 Å². The highest BCUT2D eigenvalue weighted by molar-refractivity contribution is 7.90. The van der Waals surface area contributed by atoms with Crippen molar-refractivity contribution in [3.8, 4) is 0 Å². The summed E-state index contributed by atoms with van der Waals surface area (Å²) in [5.74, 6) is -0.223. The molecule has 108 valence electrons. The summed E-state index contributed by atoms with van der Waals surface area (Å²) in [6, 6.07) is 9.91. The standard InChI is InChI=1S/C14H12ClN3O2S/c15-10-4-5-12(16)13(7-10)21(19,20)9-11-8-18-6-2-1-3-14(18)17-11/h1-8H,9,16H2. The molecule has 0 saturated heterocycles. The number of aromatic nitrogens is 2. The molecular weight excluding hydrogens is 310 g/mol. The van der Waals surface area contributed by atoms with E-state index in [0.29, 0.717) is 16.4 Å². The van der Waals surface area contributed by atoms with Gasteiger partial charge in [-0.1, -0.05) is 17.7 Å². The van der Waals surface area contributed by atoms with E-state index in [0.717, 1.165) is 0 Å². The quantitative estimate of drug-likeness (QED) is 0.752. The Morgan fingerprint density at radius 1 is 1.24 bits per heavy atom. The fourth-order valence-electron chi connectivity index (χ4n) is 2.11. The molecule has 0 atom stereocenters. The molecule has 0 amide bonds. The number of imidazole rings is 1. The zero-order valence-corrected chi connectivity index (χ0v) is 12.5. The second kappa shape index (κ2) is 5.05. The van der Waals surface area contributed by atoms with E-state index >= 15 is 0 Å². The number of pyridine rings is 1. The number of nitrogens with zero attached hydrogens (tertiary/aromatic N) is 2. The van der Waals surface area contributed by atoms with Gasteiger partial charge in [-0.3, -0.25) is 0 Å². The predicted molar refractivity (Wildman–Crippen MR) is 81.9 cm³/mol. The van der Waals surface area contributed by atoms with Crippen LogP contribution in [-0.4, -0.2) is 17.8 Å². The molecule has 21 heavy (non-hydrogen) atoms. The lowest BCUT2D eigenvalue weighted by atomic mass is 10.3. The molecule has 2 heterocycles. The lowest BCUT2D eigenvalue weighted by molar-refractivity contribution is 0.595. The number of sulfone groups is 1. The Balaban J connectivity index is 2.01. The van der Waals surface area contributed by atoms with Crippen LogP contribution in [0.4, 0.5) is 5.69 Å². The molecule has 0 fully saturated rings. The van der Waals surface area contributed by atoms with Gasteiger partial charge < -0.3 is 10.1 Å². The molecule has 2 aromatic heterocycles. The molecule has 3 rings (SSSR count).